The molecule has 0 amide bonds. The molecule has 0 spiro atoms. The number of ether oxygens (including phenoxy) is 1. The smallest absolute Gasteiger partial charge is 0.131 e. The van der Waals surface area contributed by atoms with Gasteiger partial charge in [0.05, 0.1) is 0 Å². The molecule has 0 fully saturated rings. The summed E-state index contributed by atoms with van der Waals surface area (Å²) in [4.78, 5) is 0. The fraction of sp³-hybridized carbons (Fsp3) is 0.300. The highest BCUT2D eigenvalue weighted by Gasteiger charge is 2.27. The number of hydrogen-bond acceptors (Lipinski definition) is 1. The van der Waals surface area contributed by atoms with Crippen molar-refractivity contribution >= 4 is 5.76 Å². The Bertz CT molecular complexity index is 699. The van der Waals surface area contributed by atoms with Crippen molar-refractivity contribution in [3.63, 3.8) is 0 Å². The minimum absolute atomic E-state index is 0.621. The SMILES string of the molecule is C=C1C2=C(OC/C1=C/C(C)=C\C)c1ccc(C)cc1CC2. The third-order valence-electron chi connectivity index (χ3n) is 4.40. The summed E-state index contributed by atoms with van der Waals surface area (Å²) in [6.07, 6.45) is 6.41. The maximum absolute atomic E-state index is 6.10. The van der Waals surface area contributed by atoms with Crippen LogP contribution in [0.2, 0.25) is 0 Å². The van der Waals surface area contributed by atoms with Crippen molar-refractivity contribution in [3.05, 3.63) is 75.9 Å². The molecule has 1 aliphatic carbocycles. The van der Waals surface area contributed by atoms with E-state index in [2.05, 4.69) is 57.7 Å². The number of fused-ring (bicyclic) bond motifs is 2. The highest BCUT2D eigenvalue weighted by molar-refractivity contribution is 5.76. The molecular weight excluding hydrogens is 256 g/mol. The summed E-state index contributed by atoms with van der Waals surface area (Å²) in [6, 6.07) is 6.63. The van der Waals surface area contributed by atoms with Gasteiger partial charge in [0.2, 0.25) is 0 Å². The van der Waals surface area contributed by atoms with Crippen molar-refractivity contribution in [3.8, 4) is 0 Å². The minimum Gasteiger partial charge on any atom is -0.488 e. The van der Waals surface area contributed by atoms with Crippen molar-refractivity contribution in [2.45, 2.75) is 33.6 Å². The standard InChI is InChI=1S/C20H22O/c1-5-13(2)10-17-12-21-20-18(15(17)4)9-7-16-11-14(3)6-8-19(16)20/h5-6,8,10-11H,4,7,9,12H2,1-3H3/b13-5-,17-10-. The summed E-state index contributed by atoms with van der Waals surface area (Å²) in [5.74, 6) is 1.05. The topological polar surface area (TPSA) is 9.23 Å². The number of aryl methyl sites for hydroxylation is 2. The Morgan fingerprint density at radius 3 is 2.86 bits per heavy atom. The second-order valence-electron chi connectivity index (χ2n) is 5.94. The fourth-order valence-electron chi connectivity index (χ4n) is 3.06. The van der Waals surface area contributed by atoms with Gasteiger partial charge in [-0.25, -0.2) is 0 Å². The van der Waals surface area contributed by atoms with Crippen LogP contribution in [0.1, 0.15) is 37.0 Å². The van der Waals surface area contributed by atoms with Gasteiger partial charge in [-0.3, -0.25) is 0 Å². The van der Waals surface area contributed by atoms with Gasteiger partial charge in [-0.2, -0.15) is 0 Å². The molecule has 0 saturated heterocycles. The van der Waals surface area contributed by atoms with Crippen LogP contribution < -0.4 is 0 Å². The molecule has 1 aromatic rings. The Morgan fingerprint density at radius 2 is 2.10 bits per heavy atom. The van der Waals surface area contributed by atoms with Gasteiger partial charge >= 0.3 is 0 Å². The molecule has 0 aromatic heterocycles. The molecule has 0 saturated carbocycles. The van der Waals surface area contributed by atoms with Gasteiger partial charge < -0.3 is 4.74 Å². The second-order valence-corrected chi connectivity index (χ2v) is 5.94. The molecule has 0 unspecified atom stereocenters. The van der Waals surface area contributed by atoms with E-state index in [-0.39, 0.29) is 0 Å². The Balaban J connectivity index is 2.03. The molecule has 3 rings (SSSR count). The van der Waals surface area contributed by atoms with E-state index in [1.807, 2.05) is 0 Å². The number of benzene rings is 1. The molecule has 1 aromatic carbocycles. The first-order valence-corrected chi connectivity index (χ1v) is 7.59. The zero-order valence-corrected chi connectivity index (χ0v) is 13.1. The maximum atomic E-state index is 6.10. The van der Waals surface area contributed by atoms with Crippen LogP contribution in [0.5, 0.6) is 0 Å². The lowest BCUT2D eigenvalue weighted by atomic mass is 9.83. The monoisotopic (exact) mass is 278 g/mol. The molecule has 1 heteroatoms. The normalized spacial score (nSPS) is 20.2. The van der Waals surface area contributed by atoms with Crippen molar-refractivity contribution in [2.24, 2.45) is 0 Å². The molecule has 1 heterocycles. The van der Waals surface area contributed by atoms with Crippen LogP contribution >= 0.6 is 0 Å². The number of rotatable bonds is 1. The lowest BCUT2D eigenvalue weighted by Gasteiger charge is -2.30. The zero-order chi connectivity index (χ0) is 15.0. The lowest BCUT2D eigenvalue weighted by Crippen LogP contribution is -2.17. The first-order valence-electron chi connectivity index (χ1n) is 7.59. The van der Waals surface area contributed by atoms with Crippen LogP contribution in [-0.4, -0.2) is 6.61 Å². The third kappa shape index (κ3) is 2.49. The average molecular weight is 278 g/mol. The summed E-state index contributed by atoms with van der Waals surface area (Å²) >= 11 is 0. The largest absolute Gasteiger partial charge is 0.488 e. The summed E-state index contributed by atoms with van der Waals surface area (Å²) < 4.78 is 6.10. The number of hydrogen-bond donors (Lipinski definition) is 0. The van der Waals surface area contributed by atoms with Crippen LogP contribution in [0.3, 0.4) is 0 Å². The fourth-order valence-corrected chi connectivity index (χ4v) is 3.06. The molecular formula is C20H22O. The predicted octanol–water partition coefficient (Wildman–Crippen LogP) is 5.13. The second kappa shape index (κ2) is 5.40. The van der Waals surface area contributed by atoms with Gasteiger partial charge in [0.25, 0.3) is 0 Å². The summed E-state index contributed by atoms with van der Waals surface area (Å²) in [6.45, 7) is 11.3. The van der Waals surface area contributed by atoms with Crippen LogP contribution in [0, 0.1) is 6.92 Å². The van der Waals surface area contributed by atoms with Crippen molar-refractivity contribution in [1.82, 2.24) is 0 Å². The summed E-state index contributed by atoms with van der Waals surface area (Å²) in [5.41, 5.74) is 8.88. The Kier molecular flexibility index (Phi) is 3.59. The van der Waals surface area contributed by atoms with Crippen LogP contribution in [-0.2, 0) is 11.2 Å². The zero-order valence-electron chi connectivity index (χ0n) is 13.1. The van der Waals surface area contributed by atoms with Gasteiger partial charge in [-0.15, -0.1) is 0 Å². The van der Waals surface area contributed by atoms with Crippen molar-refractivity contribution in [1.29, 1.82) is 0 Å². The van der Waals surface area contributed by atoms with Crippen molar-refractivity contribution in [2.75, 3.05) is 6.61 Å². The first-order chi connectivity index (χ1) is 10.1. The maximum Gasteiger partial charge on any atom is 0.131 e. The van der Waals surface area contributed by atoms with Gasteiger partial charge in [0, 0.05) is 11.1 Å². The molecule has 21 heavy (non-hydrogen) atoms. The molecule has 0 bridgehead atoms. The molecule has 0 N–H and O–H groups in total. The van der Waals surface area contributed by atoms with Crippen LogP contribution in [0.15, 0.2) is 59.2 Å². The van der Waals surface area contributed by atoms with E-state index in [9.17, 15) is 0 Å². The Hall–Kier alpha value is -2.02. The average Bonchev–Trinajstić information content (AvgIpc) is 2.49. The molecule has 1 aliphatic heterocycles. The van der Waals surface area contributed by atoms with Gasteiger partial charge in [-0.1, -0.05) is 48.1 Å². The third-order valence-corrected chi connectivity index (χ3v) is 4.40. The van der Waals surface area contributed by atoms with Crippen molar-refractivity contribution < 1.29 is 4.74 Å². The van der Waals surface area contributed by atoms with E-state index in [0.717, 1.165) is 24.2 Å². The quantitative estimate of drug-likeness (QED) is 0.692. The first kappa shape index (κ1) is 13.9. The van der Waals surface area contributed by atoms with E-state index < -0.39 is 0 Å². The van der Waals surface area contributed by atoms with Gasteiger partial charge in [0.1, 0.15) is 12.4 Å². The highest BCUT2D eigenvalue weighted by atomic mass is 16.5. The van der Waals surface area contributed by atoms with Gasteiger partial charge in [0.15, 0.2) is 0 Å². The predicted molar refractivity (Wildman–Crippen MR) is 89.0 cm³/mol. The Labute approximate surface area is 127 Å². The molecule has 108 valence electrons. The van der Waals surface area contributed by atoms with Crippen LogP contribution in [0.25, 0.3) is 5.76 Å². The Morgan fingerprint density at radius 1 is 1.29 bits per heavy atom. The summed E-state index contributed by atoms with van der Waals surface area (Å²) in [7, 11) is 0. The van der Waals surface area contributed by atoms with Crippen LogP contribution in [0.4, 0.5) is 0 Å². The van der Waals surface area contributed by atoms with E-state index in [4.69, 9.17) is 4.74 Å². The van der Waals surface area contributed by atoms with E-state index >= 15 is 0 Å². The number of allylic oxidation sites excluding steroid dienone is 4. The molecule has 0 atom stereocenters. The molecule has 2 aliphatic rings. The van der Waals surface area contributed by atoms with E-state index in [0.29, 0.717) is 6.61 Å². The lowest BCUT2D eigenvalue weighted by molar-refractivity contribution is 0.298. The molecule has 1 nitrogen and oxygen atoms in total. The highest BCUT2D eigenvalue weighted by Crippen LogP contribution is 2.41. The summed E-state index contributed by atoms with van der Waals surface area (Å²) in [5, 5.41) is 0. The minimum atomic E-state index is 0.621. The van der Waals surface area contributed by atoms with Gasteiger partial charge in [-0.05, 0) is 50.3 Å². The van der Waals surface area contributed by atoms with E-state index in [1.165, 1.54) is 33.4 Å². The van der Waals surface area contributed by atoms with E-state index in [1.54, 1.807) is 0 Å². The molecule has 0 radical (unpaired) electrons.